The Morgan fingerprint density at radius 3 is 2.40 bits per heavy atom. The second kappa shape index (κ2) is 7.72. The Labute approximate surface area is 118 Å². The first kappa shape index (κ1) is 16.3. The zero-order valence-corrected chi connectivity index (χ0v) is 12.3. The summed E-state index contributed by atoms with van der Waals surface area (Å²) in [4.78, 5) is 8.37. The molecule has 0 aromatic carbocycles. The number of ether oxygens (including phenoxy) is 1. The van der Waals surface area contributed by atoms with Crippen LogP contribution in [-0.2, 0) is 0 Å². The zero-order chi connectivity index (χ0) is 15.1. The lowest BCUT2D eigenvalue weighted by Gasteiger charge is -2.08. The molecular formula is C15H20F2N2O. The summed E-state index contributed by atoms with van der Waals surface area (Å²) in [6, 6.07) is 1.72. The summed E-state index contributed by atoms with van der Waals surface area (Å²) < 4.78 is 29.0. The smallest absolute Gasteiger partial charge is 0.272 e. The molecule has 0 radical (unpaired) electrons. The van der Waals surface area contributed by atoms with Gasteiger partial charge in [-0.3, -0.25) is 9.97 Å². The van der Waals surface area contributed by atoms with E-state index in [4.69, 9.17) is 4.74 Å². The molecule has 2 heterocycles. The first-order chi connectivity index (χ1) is 9.49. The van der Waals surface area contributed by atoms with Gasteiger partial charge in [-0.25, -0.2) is 8.78 Å². The molecule has 2 aromatic rings. The maximum Gasteiger partial charge on any atom is 0.272 e. The molecule has 0 unspecified atom stereocenters. The van der Waals surface area contributed by atoms with Crippen LogP contribution in [0.4, 0.5) is 8.78 Å². The molecule has 0 amide bonds. The molecule has 2 rings (SSSR count). The Kier molecular flexibility index (Phi) is 6.28. The number of hydrogen-bond acceptors (Lipinski definition) is 3. The van der Waals surface area contributed by atoms with Gasteiger partial charge in [0.1, 0.15) is 12.4 Å². The van der Waals surface area contributed by atoms with Crippen molar-refractivity contribution in [3.8, 4) is 5.75 Å². The topological polar surface area (TPSA) is 35.0 Å². The molecule has 0 spiro atoms. The highest BCUT2D eigenvalue weighted by Crippen LogP contribution is 2.22. The molecule has 0 aliphatic carbocycles. The number of nitrogens with zero attached hydrogens (tertiary/aromatic N) is 2. The zero-order valence-electron chi connectivity index (χ0n) is 12.3. The fraction of sp³-hybridized carbons (Fsp3) is 0.467. The standard InChI is InChI=1S/C12H12F2N2O.C3H8/c1-7-4-15-8(2)12-10(7)3-9(5-16-12)17-6-11(13)14;1-3-2/h3-5,11H,6H2,1-2H3;3H2,1-2H3. The largest absolute Gasteiger partial charge is 0.486 e. The van der Waals surface area contributed by atoms with Crippen molar-refractivity contribution in [3.63, 3.8) is 0 Å². The Morgan fingerprint density at radius 1 is 1.15 bits per heavy atom. The summed E-state index contributed by atoms with van der Waals surface area (Å²) in [7, 11) is 0. The minimum absolute atomic E-state index is 0.353. The first-order valence-electron chi connectivity index (χ1n) is 6.62. The molecular weight excluding hydrogens is 262 g/mol. The maximum absolute atomic E-state index is 12.0. The average Bonchev–Trinajstić information content (AvgIpc) is 2.41. The number of aryl methyl sites for hydroxylation is 2. The lowest BCUT2D eigenvalue weighted by atomic mass is 10.1. The summed E-state index contributed by atoms with van der Waals surface area (Å²) in [5.74, 6) is 0.353. The lowest BCUT2D eigenvalue weighted by molar-refractivity contribution is 0.0818. The fourth-order valence-electron chi connectivity index (χ4n) is 1.60. The third-order valence-electron chi connectivity index (χ3n) is 2.46. The van der Waals surface area contributed by atoms with E-state index in [1.807, 2.05) is 13.8 Å². The molecule has 3 nitrogen and oxygen atoms in total. The van der Waals surface area contributed by atoms with Gasteiger partial charge >= 0.3 is 0 Å². The van der Waals surface area contributed by atoms with Crippen molar-refractivity contribution in [2.24, 2.45) is 0 Å². The number of pyridine rings is 2. The van der Waals surface area contributed by atoms with E-state index in [2.05, 4.69) is 23.8 Å². The summed E-state index contributed by atoms with van der Waals surface area (Å²) in [6.45, 7) is 7.39. The van der Waals surface area contributed by atoms with Crippen molar-refractivity contribution in [2.75, 3.05) is 6.61 Å². The van der Waals surface area contributed by atoms with Gasteiger partial charge in [-0.15, -0.1) is 0 Å². The van der Waals surface area contributed by atoms with Gasteiger partial charge in [-0.05, 0) is 25.5 Å². The summed E-state index contributed by atoms with van der Waals surface area (Å²) in [6.07, 6.45) is 1.95. The second-order valence-electron chi connectivity index (χ2n) is 4.50. The molecule has 0 N–H and O–H groups in total. The van der Waals surface area contributed by atoms with Crippen molar-refractivity contribution in [3.05, 3.63) is 29.7 Å². The minimum Gasteiger partial charge on any atom is -0.486 e. The van der Waals surface area contributed by atoms with Gasteiger partial charge in [0.25, 0.3) is 6.43 Å². The lowest BCUT2D eigenvalue weighted by Crippen LogP contribution is -2.07. The second-order valence-corrected chi connectivity index (χ2v) is 4.50. The number of halogens is 2. The van der Waals surface area contributed by atoms with Crippen molar-refractivity contribution in [2.45, 2.75) is 40.5 Å². The third-order valence-corrected chi connectivity index (χ3v) is 2.46. The third kappa shape index (κ3) is 4.40. The van der Waals surface area contributed by atoms with Crippen molar-refractivity contribution in [1.29, 1.82) is 0 Å². The number of aromatic nitrogens is 2. The number of rotatable bonds is 3. The van der Waals surface area contributed by atoms with Crippen molar-refractivity contribution >= 4 is 10.9 Å². The summed E-state index contributed by atoms with van der Waals surface area (Å²) in [5, 5.41) is 0.879. The van der Waals surface area contributed by atoms with Crippen LogP contribution < -0.4 is 4.74 Å². The molecule has 0 aliphatic heterocycles. The monoisotopic (exact) mass is 282 g/mol. The molecule has 0 saturated carbocycles. The van der Waals surface area contributed by atoms with Gasteiger partial charge in [-0.2, -0.15) is 0 Å². The Balaban J connectivity index is 0.000000612. The maximum atomic E-state index is 12.0. The van der Waals surface area contributed by atoms with E-state index >= 15 is 0 Å². The van der Waals surface area contributed by atoms with Crippen LogP contribution in [0.1, 0.15) is 31.5 Å². The van der Waals surface area contributed by atoms with Crippen LogP contribution in [0.2, 0.25) is 0 Å². The Bertz CT molecular complexity index is 559. The molecule has 20 heavy (non-hydrogen) atoms. The van der Waals surface area contributed by atoms with Crippen LogP contribution >= 0.6 is 0 Å². The molecule has 0 saturated heterocycles. The van der Waals surface area contributed by atoms with Crippen molar-refractivity contribution in [1.82, 2.24) is 9.97 Å². The molecule has 110 valence electrons. The number of hydrogen-bond donors (Lipinski definition) is 0. The Hall–Kier alpha value is -1.78. The number of fused-ring (bicyclic) bond motifs is 1. The molecule has 0 fully saturated rings. The van der Waals surface area contributed by atoms with Crippen molar-refractivity contribution < 1.29 is 13.5 Å². The van der Waals surface area contributed by atoms with E-state index in [0.717, 1.165) is 22.2 Å². The van der Waals surface area contributed by atoms with Gasteiger partial charge in [0.2, 0.25) is 0 Å². The predicted molar refractivity (Wildman–Crippen MR) is 76.5 cm³/mol. The van der Waals surface area contributed by atoms with Crippen LogP contribution in [-0.4, -0.2) is 23.0 Å². The molecule has 0 bridgehead atoms. The van der Waals surface area contributed by atoms with Crippen LogP contribution in [0.15, 0.2) is 18.5 Å². The van der Waals surface area contributed by atoms with E-state index in [9.17, 15) is 8.78 Å². The van der Waals surface area contributed by atoms with Crippen LogP contribution in [0.25, 0.3) is 10.9 Å². The van der Waals surface area contributed by atoms with Gasteiger partial charge in [0.15, 0.2) is 0 Å². The highest BCUT2D eigenvalue weighted by atomic mass is 19.3. The first-order valence-corrected chi connectivity index (χ1v) is 6.62. The molecule has 0 aliphatic rings. The highest BCUT2D eigenvalue weighted by Gasteiger charge is 2.07. The quantitative estimate of drug-likeness (QED) is 0.841. The average molecular weight is 282 g/mol. The van der Waals surface area contributed by atoms with E-state index in [1.54, 1.807) is 12.3 Å². The minimum atomic E-state index is -2.48. The van der Waals surface area contributed by atoms with Crippen LogP contribution in [0, 0.1) is 13.8 Å². The molecule has 0 atom stereocenters. The SMILES string of the molecule is CCC.Cc1cnc(C)c2ncc(OCC(F)F)cc12. The van der Waals surface area contributed by atoms with E-state index in [1.165, 1.54) is 12.6 Å². The molecule has 2 aromatic heterocycles. The normalized spacial score (nSPS) is 10.3. The van der Waals surface area contributed by atoms with Crippen LogP contribution in [0.5, 0.6) is 5.75 Å². The van der Waals surface area contributed by atoms with E-state index in [-0.39, 0.29) is 0 Å². The Morgan fingerprint density at radius 2 is 1.80 bits per heavy atom. The van der Waals surface area contributed by atoms with Gasteiger partial charge in [0, 0.05) is 11.6 Å². The van der Waals surface area contributed by atoms with Gasteiger partial charge < -0.3 is 4.74 Å². The summed E-state index contributed by atoms with van der Waals surface area (Å²) in [5.41, 5.74) is 2.53. The fourth-order valence-corrected chi connectivity index (χ4v) is 1.60. The van der Waals surface area contributed by atoms with E-state index in [0.29, 0.717) is 5.75 Å². The predicted octanol–water partition coefficient (Wildman–Crippen LogP) is 4.31. The van der Waals surface area contributed by atoms with E-state index < -0.39 is 13.0 Å². The number of alkyl halides is 2. The highest BCUT2D eigenvalue weighted by molar-refractivity contribution is 5.84. The molecule has 5 heteroatoms. The van der Waals surface area contributed by atoms with Crippen LogP contribution in [0.3, 0.4) is 0 Å². The van der Waals surface area contributed by atoms with Gasteiger partial charge in [-0.1, -0.05) is 20.3 Å². The summed E-state index contributed by atoms with van der Waals surface area (Å²) >= 11 is 0. The van der Waals surface area contributed by atoms with Gasteiger partial charge in [0.05, 0.1) is 17.4 Å².